The molecule has 0 aliphatic heterocycles. The topological polar surface area (TPSA) is 35.6 Å². The first-order chi connectivity index (χ1) is 24.5. The second-order valence-corrected chi connectivity index (χ2v) is 13.3. The van der Waals surface area contributed by atoms with Crippen LogP contribution in [-0.4, -0.2) is 19.1 Å². The van der Waals surface area contributed by atoms with E-state index in [0.717, 1.165) is 45.0 Å². The standard InChI is InChI=1S/C42H26Cl4N4/c43-31-21-23-33(34(45)25-31)41-47-37(27-13-5-1-6-14-27)40(30-19-11-4-12-20-30)50(41)42-48-38(28-15-7-2-8-16-28)39(29-17-9-3-10-18-29)49(42)36-24-22-32(44)26-35(36)46/h1-26H. The Morgan fingerprint density at radius 2 is 0.840 bits per heavy atom. The summed E-state index contributed by atoms with van der Waals surface area (Å²) in [4.78, 5) is 10.9. The monoisotopic (exact) mass is 726 g/mol. The van der Waals surface area contributed by atoms with E-state index < -0.39 is 0 Å². The molecule has 2 heterocycles. The van der Waals surface area contributed by atoms with Gasteiger partial charge in [0.05, 0.1) is 38.5 Å². The fourth-order valence-electron chi connectivity index (χ4n) is 6.23. The summed E-state index contributed by atoms with van der Waals surface area (Å²) < 4.78 is 4.17. The number of hydrogen-bond donors (Lipinski definition) is 0. The number of aromatic nitrogens is 4. The molecule has 4 nitrogen and oxygen atoms in total. The summed E-state index contributed by atoms with van der Waals surface area (Å²) in [5.74, 6) is 1.14. The van der Waals surface area contributed by atoms with Crippen LogP contribution >= 0.6 is 46.4 Å². The molecule has 242 valence electrons. The van der Waals surface area contributed by atoms with Gasteiger partial charge in [-0.1, -0.05) is 168 Å². The number of imidazole rings is 2. The van der Waals surface area contributed by atoms with Crippen molar-refractivity contribution in [2.45, 2.75) is 0 Å². The molecule has 0 N–H and O–H groups in total. The molecule has 0 aliphatic carbocycles. The van der Waals surface area contributed by atoms with Crippen LogP contribution in [0.3, 0.4) is 0 Å². The number of hydrogen-bond acceptors (Lipinski definition) is 2. The summed E-state index contributed by atoms with van der Waals surface area (Å²) in [7, 11) is 0. The van der Waals surface area contributed by atoms with Gasteiger partial charge in [-0.15, -0.1) is 0 Å². The summed E-state index contributed by atoms with van der Waals surface area (Å²) >= 11 is 27.0. The predicted octanol–water partition coefficient (Wildman–Crippen LogP) is 13.0. The van der Waals surface area contributed by atoms with Gasteiger partial charge in [-0.05, 0) is 36.4 Å². The molecule has 0 atom stereocenters. The summed E-state index contributed by atoms with van der Waals surface area (Å²) in [6.07, 6.45) is 0. The van der Waals surface area contributed by atoms with Crippen molar-refractivity contribution in [3.8, 4) is 68.1 Å². The number of rotatable bonds is 7. The highest BCUT2D eigenvalue weighted by Crippen LogP contribution is 2.44. The Kier molecular flexibility index (Phi) is 8.78. The lowest BCUT2D eigenvalue weighted by Crippen LogP contribution is -2.10. The highest BCUT2D eigenvalue weighted by Gasteiger charge is 2.30. The second-order valence-electron chi connectivity index (χ2n) is 11.6. The molecule has 0 bridgehead atoms. The molecular formula is C42H26Cl4N4. The normalized spacial score (nSPS) is 11.2. The number of halogens is 4. The van der Waals surface area contributed by atoms with E-state index in [1.807, 2.05) is 97.1 Å². The fourth-order valence-corrected chi connectivity index (χ4v) is 7.22. The van der Waals surface area contributed by atoms with Crippen LogP contribution in [0, 0.1) is 0 Å². The summed E-state index contributed by atoms with van der Waals surface area (Å²) in [6.45, 7) is 0. The third kappa shape index (κ3) is 5.91. The quantitative estimate of drug-likeness (QED) is 0.164. The van der Waals surface area contributed by atoms with E-state index in [-0.39, 0.29) is 0 Å². The smallest absolute Gasteiger partial charge is 0.221 e. The van der Waals surface area contributed by atoms with Crippen molar-refractivity contribution in [1.29, 1.82) is 0 Å². The Morgan fingerprint density at radius 3 is 1.34 bits per heavy atom. The van der Waals surface area contributed by atoms with Crippen LogP contribution in [0.2, 0.25) is 20.1 Å². The van der Waals surface area contributed by atoms with Crippen LogP contribution in [-0.2, 0) is 0 Å². The minimum Gasteiger partial charge on any atom is -0.276 e. The zero-order chi connectivity index (χ0) is 34.2. The van der Waals surface area contributed by atoms with Crippen LogP contribution in [0.5, 0.6) is 0 Å². The molecule has 8 aromatic rings. The zero-order valence-electron chi connectivity index (χ0n) is 26.3. The lowest BCUT2D eigenvalue weighted by atomic mass is 10.0. The fraction of sp³-hybridized carbons (Fsp3) is 0. The lowest BCUT2D eigenvalue weighted by molar-refractivity contribution is 0.904. The molecule has 8 rings (SSSR count). The van der Waals surface area contributed by atoms with Gasteiger partial charge in [-0.25, -0.2) is 9.97 Å². The lowest BCUT2D eigenvalue weighted by Gasteiger charge is -2.18. The average Bonchev–Trinajstić information content (AvgIpc) is 3.73. The number of benzene rings is 6. The maximum Gasteiger partial charge on any atom is 0.221 e. The Bertz CT molecular complexity index is 2460. The highest BCUT2D eigenvalue weighted by molar-refractivity contribution is 6.36. The summed E-state index contributed by atoms with van der Waals surface area (Å²) in [6, 6.07) is 51.6. The Hall–Kier alpha value is -5.10. The van der Waals surface area contributed by atoms with E-state index in [9.17, 15) is 0 Å². The third-order valence-corrected chi connectivity index (χ3v) is 9.53. The average molecular weight is 729 g/mol. The molecule has 0 amide bonds. The highest BCUT2D eigenvalue weighted by atomic mass is 35.5. The molecule has 0 unspecified atom stereocenters. The van der Waals surface area contributed by atoms with Crippen molar-refractivity contribution < 1.29 is 0 Å². The van der Waals surface area contributed by atoms with E-state index in [2.05, 4.69) is 57.7 Å². The van der Waals surface area contributed by atoms with Crippen LogP contribution in [0.15, 0.2) is 158 Å². The summed E-state index contributed by atoms with van der Waals surface area (Å²) in [5.41, 5.74) is 8.35. The van der Waals surface area contributed by atoms with E-state index in [4.69, 9.17) is 56.4 Å². The first kappa shape index (κ1) is 32.1. The molecule has 0 spiro atoms. The second kappa shape index (κ2) is 13.7. The van der Waals surface area contributed by atoms with Gasteiger partial charge in [0.15, 0.2) is 0 Å². The SMILES string of the molecule is Clc1ccc(-c2nc(-c3ccccc3)c(-c3ccccc3)n2-c2nc(-c3ccccc3)c(-c3ccccc3)n2-c2ccc(Cl)cc2Cl)c(Cl)c1. The van der Waals surface area contributed by atoms with Gasteiger partial charge in [0.2, 0.25) is 5.95 Å². The first-order valence-corrected chi connectivity index (χ1v) is 17.4. The third-order valence-electron chi connectivity index (χ3n) is 8.45. The first-order valence-electron chi connectivity index (χ1n) is 15.9. The molecular weight excluding hydrogens is 702 g/mol. The molecule has 0 fully saturated rings. The van der Waals surface area contributed by atoms with Crippen LogP contribution in [0.4, 0.5) is 0 Å². The van der Waals surface area contributed by atoms with Crippen LogP contribution in [0.25, 0.3) is 68.1 Å². The Balaban J connectivity index is 1.60. The Labute approximate surface area is 309 Å². The molecule has 0 saturated heterocycles. The molecule has 2 aromatic heterocycles. The molecule has 50 heavy (non-hydrogen) atoms. The molecule has 6 aromatic carbocycles. The zero-order valence-corrected chi connectivity index (χ0v) is 29.3. The van der Waals surface area contributed by atoms with Crippen molar-refractivity contribution in [2.24, 2.45) is 0 Å². The Morgan fingerprint density at radius 1 is 0.400 bits per heavy atom. The van der Waals surface area contributed by atoms with E-state index in [1.54, 1.807) is 12.1 Å². The molecule has 0 saturated carbocycles. The largest absolute Gasteiger partial charge is 0.276 e. The van der Waals surface area contributed by atoms with E-state index in [1.165, 1.54) is 0 Å². The van der Waals surface area contributed by atoms with E-state index >= 15 is 0 Å². The van der Waals surface area contributed by atoms with Crippen LogP contribution in [0.1, 0.15) is 0 Å². The minimum absolute atomic E-state index is 0.456. The molecule has 0 radical (unpaired) electrons. The van der Waals surface area contributed by atoms with Gasteiger partial charge in [0.25, 0.3) is 0 Å². The predicted molar refractivity (Wildman–Crippen MR) is 208 cm³/mol. The van der Waals surface area contributed by atoms with Crippen molar-refractivity contribution >= 4 is 46.4 Å². The van der Waals surface area contributed by atoms with Gasteiger partial charge < -0.3 is 0 Å². The maximum absolute atomic E-state index is 7.10. The minimum atomic E-state index is 0.456. The van der Waals surface area contributed by atoms with Crippen molar-refractivity contribution in [1.82, 2.24) is 19.1 Å². The number of nitrogens with zero attached hydrogens (tertiary/aromatic N) is 4. The van der Waals surface area contributed by atoms with Gasteiger partial charge in [-0.2, -0.15) is 0 Å². The molecule has 0 aliphatic rings. The van der Waals surface area contributed by atoms with Gasteiger partial charge in [0, 0.05) is 37.9 Å². The van der Waals surface area contributed by atoms with Gasteiger partial charge in [0.1, 0.15) is 5.82 Å². The van der Waals surface area contributed by atoms with Gasteiger partial charge in [-0.3, -0.25) is 9.13 Å². The maximum atomic E-state index is 7.10. The summed E-state index contributed by atoms with van der Waals surface area (Å²) in [5, 5.41) is 1.97. The van der Waals surface area contributed by atoms with Gasteiger partial charge >= 0.3 is 0 Å². The van der Waals surface area contributed by atoms with Crippen molar-refractivity contribution in [3.05, 3.63) is 178 Å². The van der Waals surface area contributed by atoms with E-state index in [0.29, 0.717) is 43.1 Å². The molecule has 8 heteroatoms. The van der Waals surface area contributed by atoms with Crippen molar-refractivity contribution in [3.63, 3.8) is 0 Å². The van der Waals surface area contributed by atoms with Crippen molar-refractivity contribution in [2.75, 3.05) is 0 Å². The van der Waals surface area contributed by atoms with Crippen LogP contribution < -0.4 is 0 Å².